The largest absolute Gasteiger partial charge is 0.0654 e. The molecule has 1 aliphatic rings. The molecule has 0 aromatic rings. The van der Waals surface area contributed by atoms with Crippen molar-refractivity contribution in [2.45, 2.75) is 65.7 Å². The van der Waals surface area contributed by atoms with Crippen LogP contribution in [0, 0.1) is 17.8 Å². The topological polar surface area (TPSA) is 0 Å². The molecular weight excluding hydrogens is 156 g/mol. The minimum atomic E-state index is 0.968. The molecule has 3 unspecified atom stereocenters. The summed E-state index contributed by atoms with van der Waals surface area (Å²) < 4.78 is 0. The van der Waals surface area contributed by atoms with Crippen molar-refractivity contribution in [3.05, 3.63) is 0 Å². The molecule has 1 fully saturated rings. The van der Waals surface area contributed by atoms with Gasteiger partial charge in [-0.05, 0) is 24.2 Å². The minimum absolute atomic E-state index is 0.968. The summed E-state index contributed by atoms with van der Waals surface area (Å²) in [5.41, 5.74) is 0. The summed E-state index contributed by atoms with van der Waals surface area (Å²) in [4.78, 5) is 0. The fraction of sp³-hybridized carbons (Fsp3) is 1.00. The quantitative estimate of drug-likeness (QED) is 0.594. The second-order valence-electron chi connectivity index (χ2n) is 5.15. The molecule has 0 spiro atoms. The van der Waals surface area contributed by atoms with Gasteiger partial charge in [0.25, 0.3) is 0 Å². The van der Waals surface area contributed by atoms with E-state index in [2.05, 4.69) is 20.8 Å². The van der Waals surface area contributed by atoms with E-state index in [1.165, 1.54) is 44.9 Å². The van der Waals surface area contributed by atoms with E-state index in [0.717, 1.165) is 17.8 Å². The Balaban J connectivity index is 2.25. The van der Waals surface area contributed by atoms with Crippen molar-refractivity contribution in [2.75, 3.05) is 0 Å². The second-order valence-corrected chi connectivity index (χ2v) is 5.15. The van der Waals surface area contributed by atoms with Crippen molar-refractivity contribution in [2.24, 2.45) is 17.8 Å². The van der Waals surface area contributed by atoms with E-state index in [-0.39, 0.29) is 0 Å². The summed E-state index contributed by atoms with van der Waals surface area (Å²) >= 11 is 0. The maximum Gasteiger partial charge on any atom is -0.0386 e. The summed E-state index contributed by atoms with van der Waals surface area (Å²) in [5, 5.41) is 0. The highest BCUT2D eigenvalue weighted by Crippen LogP contribution is 2.34. The van der Waals surface area contributed by atoms with E-state index in [4.69, 9.17) is 0 Å². The molecule has 0 bridgehead atoms. The van der Waals surface area contributed by atoms with Crippen LogP contribution in [0.15, 0.2) is 0 Å². The van der Waals surface area contributed by atoms with Crippen molar-refractivity contribution in [3.8, 4) is 0 Å². The van der Waals surface area contributed by atoms with Gasteiger partial charge in [0, 0.05) is 0 Å². The second kappa shape index (κ2) is 5.67. The van der Waals surface area contributed by atoms with Gasteiger partial charge < -0.3 is 0 Å². The average Bonchev–Trinajstić information content (AvgIpc) is 2.09. The van der Waals surface area contributed by atoms with Crippen LogP contribution in [0.25, 0.3) is 0 Å². The third kappa shape index (κ3) is 3.70. The molecule has 0 nitrogen and oxygen atoms in total. The van der Waals surface area contributed by atoms with Gasteiger partial charge >= 0.3 is 0 Å². The Morgan fingerprint density at radius 2 is 1.92 bits per heavy atom. The summed E-state index contributed by atoms with van der Waals surface area (Å²) in [6.45, 7) is 7.20. The molecule has 0 amide bonds. The molecule has 0 aromatic heterocycles. The molecule has 1 rings (SSSR count). The van der Waals surface area contributed by atoms with Crippen LogP contribution in [0.2, 0.25) is 0 Å². The summed E-state index contributed by atoms with van der Waals surface area (Å²) in [6.07, 6.45) is 10.3. The van der Waals surface area contributed by atoms with E-state index in [9.17, 15) is 0 Å². The maximum atomic E-state index is 2.46. The maximum absolute atomic E-state index is 2.46. The minimum Gasteiger partial charge on any atom is -0.0654 e. The van der Waals surface area contributed by atoms with Crippen LogP contribution >= 0.6 is 0 Å². The molecule has 0 saturated heterocycles. The predicted octanol–water partition coefficient (Wildman–Crippen LogP) is 4.64. The van der Waals surface area contributed by atoms with Gasteiger partial charge in [-0.3, -0.25) is 0 Å². The van der Waals surface area contributed by atoms with Gasteiger partial charge in [0.15, 0.2) is 0 Å². The predicted molar refractivity (Wildman–Crippen MR) is 59.8 cm³/mol. The lowest BCUT2D eigenvalue weighted by Gasteiger charge is -2.30. The molecule has 0 radical (unpaired) electrons. The van der Waals surface area contributed by atoms with Crippen molar-refractivity contribution in [1.29, 1.82) is 0 Å². The standard InChI is InChI=1S/C13H26/c1-4-7-11(2)10-13-9-6-5-8-12(13)3/h11-13H,4-10H2,1-3H3. The van der Waals surface area contributed by atoms with Gasteiger partial charge in [-0.1, -0.05) is 59.3 Å². The van der Waals surface area contributed by atoms with E-state index in [1.54, 1.807) is 0 Å². The van der Waals surface area contributed by atoms with Crippen LogP contribution in [0.3, 0.4) is 0 Å². The Hall–Kier alpha value is 0. The van der Waals surface area contributed by atoms with Crippen molar-refractivity contribution in [3.63, 3.8) is 0 Å². The fourth-order valence-electron chi connectivity index (χ4n) is 2.87. The first-order chi connectivity index (χ1) is 6.24. The van der Waals surface area contributed by atoms with Gasteiger partial charge in [0.2, 0.25) is 0 Å². The van der Waals surface area contributed by atoms with E-state index in [0.29, 0.717) is 0 Å². The van der Waals surface area contributed by atoms with Gasteiger partial charge in [-0.15, -0.1) is 0 Å². The van der Waals surface area contributed by atoms with E-state index >= 15 is 0 Å². The lowest BCUT2D eigenvalue weighted by atomic mass is 9.75. The van der Waals surface area contributed by atoms with Crippen LogP contribution in [0.1, 0.15) is 65.7 Å². The first kappa shape index (κ1) is 11.1. The molecule has 0 N–H and O–H groups in total. The molecule has 1 aliphatic carbocycles. The molecule has 13 heavy (non-hydrogen) atoms. The van der Waals surface area contributed by atoms with E-state index < -0.39 is 0 Å². The molecule has 0 aliphatic heterocycles. The lowest BCUT2D eigenvalue weighted by molar-refractivity contribution is 0.211. The van der Waals surface area contributed by atoms with Crippen molar-refractivity contribution >= 4 is 0 Å². The number of rotatable bonds is 4. The molecule has 0 heteroatoms. The third-order valence-corrected chi connectivity index (χ3v) is 3.78. The Kier molecular flexibility index (Phi) is 4.83. The van der Waals surface area contributed by atoms with Gasteiger partial charge in [-0.2, -0.15) is 0 Å². The Bertz CT molecular complexity index is 128. The Morgan fingerprint density at radius 3 is 2.54 bits per heavy atom. The highest BCUT2D eigenvalue weighted by atomic mass is 14.3. The Morgan fingerprint density at radius 1 is 1.23 bits per heavy atom. The Labute approximate surface area is 84.1 Å². The monoisotopic (exact) mass is 182 g/mol. The van der Waals surface area contributed by atoms with Crippen LogP contribution in [-0.4, -0.2) is 0 Å². The summed E-state index contributed by atoms with van der Waals surface area (Å²) in [5.74, 6) is 3.03. The van der Waals surface area contributed by atoms with E-state index in [1.807, 2.05) is 0 Å². The molecular formula is C13H26. The zero-order chi connectivity index (χ0) is 9.68. The molecule has 0 aromatic carbocycles. The van der Waals surface area contributed by atoms with Crippen molar-refractivity contribution < 1.29 is 0 Å². The highest BCUT2D eigenvalue weighted by molar-refractivity contribution is 4.73. The van der Waals surface area contributed by atoms with Crippen LogP contribution in [0.5, 0.6) is 0 Å². The van der Waals surface area contributed by atoms with Gasteiger partial charge in [-0.25, -0.2) is 0 Å². The SMILES string of the molecule is CCCC(C)CC1CCCCC1C. The van der Waals surface area contributed by atoms with Crippen LogP contribution in [-0.2, 0) is 0 Å². The van der Waals surface area contributed by atoms with Crippen molar-refractivity contribution in [1.82, 2.24) is 0 Å². The number of hydrogen-bond donors (Lipinski definition) is 0. The summed E-state index contributed by atoms with van der Waals surface area (Å²) in [6, 6.07) is 0. The zero-order valence-corrected chi connectivity index (χ0v) is 9.68. The molecule has 78 valence electrons. The lowest BCUT2D eigenvalue weighted by Crippen LogP contribution is -2.19. The smallest absolute Gasteiger partial charge is 0.0386 e. The fourth-order valence-corrected chi connectivity index (χ4v) is 2.87. The van der Waals surface area contributed by atoms with Crippen LogP contribution in [0.4, 0.5) is 0 Å². The van der Waals surface area contributed by atoms with Crippen LogP contribution < -0.4 is 0 Å². The normalized spacial score (nSPS) is 31.6. The first-order valence-electron chi connectivity index (χ1n) is 6.24. The first-order valence-corrected chi connectivity index (χ1v) is 6.24. The molecule has 1 saturated carbocycles. The number of hydrogen-bond acceptors (Lipinski definition) is 0. The molecule has 3 atom stereocenters. The van der Waals surface area contributed by atoms with Gasteiger partial charge in [0.1, 0.15) is 0 Å². The summed E-state index contributed by atoms with van der Waals surface area (Å²) in [7, 11) is 0. The molecule has 0 heterocycles. The third-order valence-electron chi connectivity index (χ3n) is 3.78. The zero-order valence-electron chi connectivity index (χ0n) is 9.68. The average molecular weight is 182 g/mol. The van der Waals surface area contributed by atoms with Gasteiger partial charge in [0.05, 0.1) is 0 Å². The highest BCUT2D eigenvalue weighted by Gasteiger charge is 2.22.